The predicted octanol–water partition coefficient (Wildman–Crippen LogP) is 8.28. The molecule has 0 amide bonds. The Labute approximate surface area is 211 Å². The highest BCUT2D eigenvalue weighted by molar-refractivity contribution is 5.83. The molecular formula is C30H43N3O2. The number of rotatable bonds is 12. The second kappa shape index (κ2) is 11.7. The monoisotopic (exact) mass is 477 g/mol. The molecule has 0 atom stereocenters. The zero-order valence-corrected chi connectivity index (χ0v) is 22.5. The van der Waals surface area contributed by atoms with Crippen LogP contribution in [0.3, 0.4) is 0 Å². The Morgan fingerprint density at radius 2 is 1.63 bits per heavy atom. The van der Waals surface area contributed by atoms with E-state index in [2.05, 4.69) is 51.3 Å². The fourth-order valence-corrected chi connectivity index (χ4v) is 4.97. The minimum Gasteiger partial charge on any atom is -0.426 e. The molecule has 0 spiro atoms. The summed E-state index contributed by atoms with van der Waals surface area (Å²) >= 11 is 0. The van der Waals surface area contributed by atoms with Crippen LogP contribution in [-0.4, -0.2) is 20.9 Å². The molecule has 2 aromatic heterocycles. The van der Waals surface area contributed by atoms with Crippen LogP contribution in [0.25, 0.3) is 16.9 Å². The number of hydrogen-bond acceptors (Lipinski definition) is 4. The molecule has 0 fully saturated rings. The summed E-state index contributed by atoms with van der Waals surface area (Å²) in [5.74, 6) is 1.29. The number of para-hydroxylation sites is 1. The lowest BCUT2D eigenvalue weighted by Gasteiger charge is -2.34. The van der Waals surface area contributed by atoms with Gasteiger partial charge in [0.15, 0.2) is 0 Å². The lowest BCUT2D eigenvalue weighted by Crippen LogP contribution is -2.36. The van der Waals surface area contributed by atoms with Crippen LogP contribution in [0, 0.1) is 5.41 Å². The molecule has 0 radical (unpaired) electrons. The predicted molar refractivity (Wildman–Crippen MR) is 146 cm³/mol. The number of esters is 1. The number of fused-ring (bicyclic) bond motifs is 1. The summed E-state index contributed by atoms with van der Waals surface area (Å²) in [7, 11) is 0. The highest BCUT2D eigenvalue weighted by atomic mass is 16.5. The number of benzene rings is 1. The van der Waals surface area contributed by atoms with Gasteiger partial charge in [0.05, 0.1) is 0 Å². The molecule has 3 rings (SSSR count). The molecule has 0 bridgehead atoms. The summed E-state index contributed by atoms with van der Waals surface area (Å²) in [4.78, 5) is 17.6. The Hall–Kier alpha value is -2.82. The summed E-state index contributed by atoms with van der Waals surface area (Å²) in [6.45, 7) is 13.4. The van der Waals surface area contributed by atoms with Crippen molar-refractivity contribution in [3.8, 4) is 17.0 Å². The van der Waals surface area contributed by atoms with Gasteiger partial charge in [-0.25, -0.2) is 4.98 Å². The summed E-state index contributed by atoms with van der Waals surface area (Å²) in [6.07, 6.45) is 10.3. The summed E-state index contributed by atoms with van der Waals surface area (Å²) in [5, 5.41) is 3.76. The van der Waals surface area contributed by atoms with Gasteiger partial charge in [-0.3, -0.25) is 9.20 Å². The van der Waals surface area contributed by atoms with E-state index in [4.69, 9.17) is 9.72 Å². The Balaban J connectivity index is 1.86. The highest BCUT2D eigenvalue weighted by Crippen LogP contribution is 2.38. The van der Waals surface area contributed by atoms with Gasteiger partial charge in [-0.1, -0.05) is 78.0 Å². The van der Waals surface area contributed by atoms with Crippen molar-refractivity contribution in [2.75, 3.05) is 5.32 Å². The number of hydrogen-bond donors (Lipinski definition) is 1. The lowest BCUT2D eigenvalue weighted by molar-refractivity contribution is -0.134. The van der Waals surface area contributed by atoms with Crippen LogP contribution in [0.2, 0.25) is 0 Å². The molecule has 0 saturated heterocycles. The molecule has 0 saturated carbocycles. The molecule has 3 aromatic rings. The first kappa shape index (κ1) is 26.8. The molecule has 0 unspecified atom stereocenters. The molecule has 0 aliphatic carbocycles. The number of imidazole rings is 1. The summed E-state index contributed by atoms with van der Waals surface area (Å²) < 4.78 is 7.95. The Morgan fingerprint density at radius 3 is 2.37 bits per heavy atom. The van der Waals surface area contributed by atoms with Crippen molar-refractivity contribution in [3.05, 3.63) is 48.7 Å². The van der Waals surface area contributed by atoms with Crippen LogP contribution in [0.15, 0.2) is 48.7 Å². The normalized spacial score (nSPS) is 12.2. The minimum atomic E-state index is -0.181. The maximum atomic E-state index is 12.7. The van der Waals surface area contributed by atoms with Gasteiger partial charge in [0.1, 0.15) is 22.9 Å². The van der Waals surface area contributed by atoms with E-state index in [-0.39, 0.29) is 16.9 Å². The van der Waals surface area contributed by atoms with E-state index in [0.717, 1.165) is 42.0 Å². The average molecular weight is 478 g/mol. The van der Waals surface area contributed by atoms with Crippen LogP contribution >= 0.6 is 0 Å². The number of carbonyl (C=O) groups excluding carboxylic acids is 1. The first-order valence-electron chi connectivity index (χ1n) is 13.1. The van der Waals surface area contributed by atoms with E-state index in [1.54, 1.807) is 0 Å². The number of nitrogens with zero attached hydrogens (tertiary/aromatic N) is 2. The van der Waals surface area contributed by atoms with Gasteiger partial charge in [0, 0.05) is 23.7 Å². The smallest absolute Gasteiger partial charge is 0.311 e. The number of anilines is 1. The van der Waals surface area contributed by atoms with E-state index in [0.29, 0.717) is 12.2 Å². The number of pyridine rings is 1. The largest absolute Gasteiger partial charge is 0.426 e. The lowest BCUT2D eigenvalue weighted by atomic mass is 9.82. The van der Waals surface area contributed by atoms with Gasteiger partial charge in [0.25, 0.3) is 0 Å². The number of aromatic nitrogens is 2. The Bertz CT molecular complexity index is 1110. The van der Waals surface area contributed by atoms with Gasteiger partial charge in [0.2, 0.25) is 0 Å². The SMILES string of the molecule is CCCCCCCCC(=O)Oc1ccccc1-c1nc2ccccn2c1NC(C)(C)CC(C)(C)C. The van der Waals surface area contributed by atoms with E-state index in [1.165, 1.54) is 25.7 Å². The van der Waals surface area contributed by atoms with E-state index in [1.807, 2.05) is 48.7 Å². The molecule has 1 aromatic carbocycles. The fraction of sp³-hybridized carbons (Fsp3) is 0.533. The average Bonchev–Trinajstić information content (AvgIpc) is 3.12. The third-order valence-electron chi connectivity index (χ3n) is 6.06. The van der Waals surface area contributed by atoms with Gasteiger partial charge in [-0.15, -0.1) is 0 Å². The van der Waals surface area contributed by atoms with Crippen LogP contribution in [0.4, 0.5) is 5.82 Å². The third kappa shape index (κ3) is 7.84. The van der Waals surface area contributed by atoms with Crippen molar-refractivity contribution in [3.63, 3.8) is 0 Å². The van der Waals surface area contributed by atoms with E-state index < -0.39 is 0 Å². The van der Waals surface area contributed by atoms with E-state index >= 15 is 0 Å². The number of nitrogens with one attached hydrogen (secondary N) is 1. The second-order valence-corrected chi connectivity index (χ2v) is 11.5. The number of unbranched alkanes of at least 4 members (excludes halogenated alkanes) is 5. The van der Waals surface area contributed by atoms with Crippen molar-refractivity contribution in [2.45, 2.75) is 98.4 Å². The standard InChI is InChI=1S/C30H43N3O2/c1-7-8-9-10-11-12-20-26(34)35-24-18-14-13-17-23(24)27-28(32-30(5,6)22-29(2,3)4)33-21-16-15-19-25(33)31-27/h13-19,21,32H,7-12,20,22H2,1-6H3. The van der Waals surface area contributed by atoms with Crippen molar-refractivity contribution in [2.24, 2.45) is 5.41 Å². The molecule has 0 aliphatic heterocycles. The van der Waals surface area contributed by atoms with Gasteiger partial charge < -0.3 is 10.1 Å². The molecule has 5 nitrogen and oxygen atoms in total. The molecule has 0 aliphatic rings. The zero-order valence-electron chi connectivity index (χ0n) is 22.5. The van der Waals surface area contributed by atoms with Crippen molar-refractivity contribution in [1.82, 2.24) is 9.38 Å². The number of carbonyl (C=O) groups is 1. The van der Waals surface area contributed by atoms with Crippen molar-refractivity contribution < 1.29 is 9.53 Å². The van der Waals surface area contributed by atoms with Gasteiger partial charge >= 0.3 is 5.97 Å². The van der Waals surface area contributed by atoms with Crippen LogP contribution < -0.4 is 10.1 Å². The molecule has 5 heteroatoms. The first-order chi connectivity index (χ1) is 16.6. The van der Waals surface area contributed by atoms with E-state index in [9.17, 15) is 4.79 Å². The maximum Gasteiger partial charge on any atom is 0.311 e. The topological polar surface area (TPSA) is 55.6 Å². The fourth-order valence-electron chi connectivity index (χ4n) is 4.97. The van der Waals surface area contributed by atoms with Crippen LogP contribution in [0.5, 0.6) is 5.75 Å². The molecular weight excluding hydrogens is 434 g/mol. The van der Waals surface area contributed by atoms with Crippen LogP contribution in [0.1, 0.15) is 92.9 Å². The van der Waals surface area contributed by atoms with Crippen molar-refractivity contribution in [1.29, 1.82) is 0 Å². The maximum absolute atomic E-state index is 12.7. The first-order valence-corrected chi connectivity index (χ1v) is 13.1. The minimum absolute atomic E-state index is 0.164. The van der Waals surface area contributed by atoms with Crippen LogP contribution in [-0.2, 0) is 4.79 Å². The molecule has 35 heavy (non-hydrogen) atoms. The molecule has 2 heterocycles. The highest BCUT2D eigenvalue weighted by Gasteiger charge is 2.28. The molecule has 190 valence electrons. The van der Waals surface area contributed by atoms with Gasteiger partial charge in [-0.05, 0) is 56.4 Å². The zero-order chi connectivity index (χ0) is 25.5. The summed E-state index contributed by atoms with van der Waals surface area (Å²) in [6, 6.07) is 13.7. The quantitative estimate of drug-likeness (QED) is 0.162. The second-order valence-electron chi connectivity index (χ2n) is 11.5. The number of ether oxygens (including phenoxy) is 1. The Kier molecular flexibility index (Phi) is 8.98. The third-order valence-corrected chi connectivity index (χ3v) is 6.06. The molecule has 1 N–H and O–H groups in total. The van der Waals surface area contributed by atoms with Crippen molar-refractivity contribution >= 4 is 17.4 Å². The van der Waals surface area contributed by atoms with Gasteiger partial charge in [-0.2, -0.15) is 0 Å². The Morgan fingerprint density at radius 1 is 0.943 bits per heavy atom. The summed E-state index contributed by atoms with van der Waals surface area (Å²) in [5.41, 5.74) is 2.47.